The molecule has 2 aromatic carbocycles. The van der Waals surface area contributed by atoms with Gasteiger partial charge in [0.1, 0.15) is 12.3 Å². The number of carbonyl (C=O) groups excluding carboxylic acids is 2. The van der Waals surface area contributed by atoms with Crippen molar-refractivity contribution in [2.24, 2.45) is 4.99 Å². The number of esters is 1. The SMILES string of the molecule is COC(=O)Cn1c(=NC(=O)c2nc3ccccc3s2)sc2cc(OC)ccc21. The van der Waals surface area contributed by atoms with Gasteiger partial charge in [0, 0.05) is 0 Å². The second-order valence-corrected chi connectivity index (χ2v) is 7.82. The van der Waals surface area contributed by atoms with Crippen LogP contribution in [0.1, 0.15) is 9.80 Å². The maximum Gasteiger partial charge on any atom is 0.325 e. The van der Waals surface area contributed by atoms with Gasteiger partial charge in [-0.05, 0) is 30.3 Å². The summed E-state index contributed by atoms with van der Waals surface area (Å²) in [5.41, 5.74) is 1.53. The minimum atomic E-state index is -0.446. The third-order valence-electron chi connectivity index (χ3n) is 4.08. The van der Waals surface area contributed by atoms with E-state index in [0.717, 1.165) is 20.4 Å². The van der Waals surface area contributed by atoms with Crippen LogP contribution in [0.15, 0.2) is 47.5 Å². The number of benzene rings is 2. The Hall–Kier alpha value is -3.04. The first-order valence-corrected chi connectivity index (χ1v) is 9.91. The van der Waals surface area contributed by atoms with E-state index in [2.05, 4.69) is 9.98 Å². The van der Waals surface area contributed by atoms with Crippen LogP contribution in [0.25, 0.3) is 20.4 Å². The molecular weight excluding hydrogens is 398 g/mol. The van der Waals surface area contributed by atoms with Gasteiger partial charge in [-0.2, -0.15) is 4.99 Å². The monoisotopic (exact) mass is 413 g/mol. The molecule has 0 bridgehead atoms. The Morgan fingerprint density at radius 1 is 1.11 bits per heavy atom. The van der Waals surface area contributed by atoms with Gasteiger partial charge < -0.3 is 14.0 Å². The Morgan fingerprint density at radius 3 is 2.68 bits per heavy atom. The Bertz CT molecular complexity index is 1240. The van der Waals surface area contributed by atoms with E-state index in [1.54, 1.807) is 17.7 Å². The fourth-order valence-electron chi connectivity index (χ4n) is 2.71. The molecule has 0 atom stereocenters. The molecule has 0 radical (unpaired) electrons. The number of para-hydroxylation sites is 1. The highest BCUT2D eigenvalue weighted by Gasteiger charge is 2.15. The van der Waals surface area contributed by atoms with E-state index in [1.807, 2.05) is 36.4 Å². The fourth-order valence-corrected chi connectivity index (χ4v) is 4.62. The first-order chi connectivity index (χ1) is 13.6. The zero-order valence-electron chi connectivity index (χ0n) is 15.0. The minimum Gasteiger partial charge on any atom is -0.497 e. The number of methoxy groups -OCH3 is 2. The van der Waals surface area contributed by atoms with Crippen molar-refractivity contribution < 1.29 is 19.1 Å². The van der Waals surface area contributed by atoms with Crippen LogP contribution in [0.4, 0.5) is 0 Å². The predicted octanol–water partition coefficient (Wildman–Crippen LogP) is 3.24. The van der Waals surface area contributed by atoms with Crippen LogP contribution in [0.5, 0.6) is 5.75 Å². The zero-order valence-corrected chi connectivity index (χ0v) is 16.7. The summed E-state index contributed by atoms with van der Waals surface area (Å²) in [6, 6.07) is 13.0. The Labute approximate surface area is 167 Å². The van der Waals surface area contributed by atoms with Crippen molar-refractivity contribution >= 4 is 55.0 Å². The van der Waals surface area contributed by atoms with E-state index < -0.39 is 11.9 Å². The van der Waals surface area contributed by atoms with Gasteiger partial charge >= 0.3 is 11.9 Å². The molecule has 0 saturated heterocycles. The lowest BCUT2D eigenvalue weighted by Gasteiger charge is -2.04. The van der Waals surface area contributed by atoms with Gasteiger partial charge in [-0.3, -0.25) is 9.59 Å². The topological polar surface area (TPSA) is 82.8 Å². The summed E-state index contributed by atoms with van der Waals surface area (Å²) in [5, 5.41) is 0.306. The van der Waals surface area contributed by atoms with E-state index in [0.29, 0.717) is 15.6 Å². The summed E-state index contributed by atoms with van der Waals surface area (Å²) in [5.74, 6) is -0.189. The van der Waals surface area contributed by atoms with Gasteiger partial charge in [-0.1, -0.05) is 23.5 Å². The van der Waals surface area contributed by atoms with Crippen molar-refractivity contribution in [1.82, 2.24) is 9.55 Å². The van der Waals surface area contributed by atoms with E-state index >= 15 is 0 Å². The normalized spacial score (nSPS) is 11.9. The second-order valence-electron chi connectivity index (χ2n) is 5.78. The molecule has 28 heavy (non-hydrogen) atoms. The van der Waals surface area contributed by atoms with E-state index in [1.165, 1.54) is 29.8 Å². The molecule has 142 valence electrons. The summed E-state index contributed by atoms with van der Waals surface area (Å²) < 4.78 is 13.5. The highest BCUT2D eigenvalue weighted by atomic mass is 32.1. The average Bonchev–Trinajstić information content (AvgIpc) is 3.29. The average molecular weight is 413 g/mol. The number of ether oxygens (including phenoxy) is 2. The van der Waals surface area contributed by atoms with E-state index in [-0.39, 0.29) is 6.54 Å². The van der Waals surface area contributed by atoms with Gasteiger partial charge in [0.2, 0.25) is 0 Å². The quantitative estimate of drug-likeness (QED) is 0.480. The molecule has 2 heterocycles. The third-order valence-corrected chi connectivity index (χ3v) is 6.14. The molecule has 0 unspecified atom stereocenters. The number of rotatable bonds is 4. The van der Waals surface area contributed by atoms with Crippen LogP contribution in [0, 0.1) is 0 Å². The van der Waals surface area contributed by atoms with Crippen LogP contribution in [0.2, 0.25) is 0 Å². The molecule has 2 aromatic heterocycles. The summed E-state index contributed by atoms with van der Waals surface area (Å²) in [6.07, 6.45) is 0. The Morgan fingerprint density at radius 2 is 1.93 bits per heavy atom. The molecule has 4 aromatic rings. The van der Waals surface area contributed by atoms with Crippen LogP contribution in [-0.2, 0) is 16.1 Å². The zero-order chi connectivity index (χ0) is 19.7. The van der Waals surface area contributed by atoms with Crippen molar-refractivity contribution in [1.29, 1.82) is 0 Å². The van der Waals surface area contributed by atoms with Crippen LogP contribution < -0.4 is 9.54 Å². The van der Waals surface area contributed by atoms with Crippen LogP contribution in [0.3, 0.4) is 0 Å². The largest absolute Gasteiger partial charge is 0.497 e. The molecule has 7 nitrogen and oxygen atoms in total. The molecule has 0 fully saturated rings. The van der Waals surface area contributed by atoms with Gasteiger partial charge in [0.25, 0.3) is 0 Å². The first-order valence-electron chi connectivity index (χ1n) is 8.28. The number of fused-ring (bicyclic) bond motifs is 2. The summed E-state index contributed by atoms with van der Waals surface area (Å²) in [7, 11) is 2.91. The molecule has 0 aliphatic rings. The Kier molecular flexibility index (Phi) is 4.93. The predicted molar refractivity (Wildman–Crippen MR) is 108 cm³/mol. The molecule has 0 N–H and O–H groups in total. The lowest BCUT2D eigenvalue weighted by Crippen LogP contribution is -2.22. The molecule has 0 aliphatic carbocycles. The minimum absolute atomic E-state index is 0.0468. The van der Waals surface area contributed by atoms with Crippen molar-refractivity contribution in [2.75, 3.05) is 14.2 Å². The van der Waals surface area contributed by atoms with E-state index in [9.17, 15) is 9.59 Å². The molecule has 1 amide bonds. The van der Waals surface area contributed by atoms with Crippen molar-refractivity contribution in [3.8, 4) is 5.75 Å². The number of amides is 1. The van der Waals surface area contributed by atoms with Crippen LogP contribution in [-0.4, -0.2) is 35.6 Å². The third kappa shape index (κ3) is 3.41. The maximum absolute atomic E-state index is 12.7. The van der Waals surface area contributed by atoms with Gasteiger partial charge in [-0.25, -0.2) is 4.98 Å². The van der Waals surface area contributed by atoms with Crippen molar-refractivity contribution in [3.63, 3.8) is 0 Å². The lowest BCUT2D eigenvalue weighted by atomic mass is 10.3. The Balaban J connectivity index is 1.84. The maximum atomic E-state index is 12.7. The van der Waals surface area contributed by atoms with Crippen LogP contribution >= 0.6 is 22.7 Å². The highest BCUT2D eigenvalue weighted by Crippen LogP contribution is 2.24. The standard InChI is InChI=1S/C19H15N3O4S2/c1-25-11-7-8-13-15(9-11)28-19(22(13)10-16(23)26-2)21-17(24)18-20-12-5-3-4-6-14(12)27-18/h3-9H,10H2,1-2H3. The number of hydrogen-bond acceptors (Lipinski definition) is 7. The molecule has 0 spiro atoms. The summed E-state index contributed by atoms with van der Waals surface area (Å²) >= 11 is 2.59. The van der Waals surface area contributed by atoms with Crippen molar-refractivity contribution in [2.45, 2.75) is 6.54 Å². The van der Waals surface area contributed by atoms with Gasteiger partial charge in [0.15, 0.2) is 9.81 Å². The molecular formula is C19H15N3O4S2. The highest BCUT2D eigenvalue weighted by molar-refractivity contribution is 7.20. The number of carbonyl (C=O) groups is 2. The number of hydrogen-bond donors (Lipinski definition) is 0. The number of nitrogens with zero attached hydrogens (tertiary/aromatic N) is 3. The number of aromatic nitrogens is 2. The first kappa shape index (κ1) is 18.3. The molecule has 9 heteroatoms. The smallest absolute Gasteiger partial charge is 0.325 e. The van der Waals surface area contributed by atoms with E-state index in [4.69, 9.17) is 9.47 Å². The molecule has 0 aliphatic heterocycles. The lowest BCUT2D eigenvalue weighted by molar-refractivity contribution is -0.141. The molecule has 4 rings (SSSR count). The number of thiazole rings is 2. The fraction of sp³-hybridized carbons (Fsp3) is 0.158. The van der Waals surface area contributed by atoms with Gasteiger partial charge in [0.05, 0.1) is 34.7 Å². The van der Waals surface area contributed by atoms with Crippen molar-refractivity contribution in [3.05, 3.63) is 52.3 Å². The second kappa shape index (κ2) is 7.53. The van der Waals surface area contributed by atoms with Gasteiger partial charge in [-0.15, -0.1) is 11.3 Å². The summed E-state index contributed by atoms with van der Waals surface area (Å²) in [4.78, 5) is 33.6. The molecule has 0 saturated carbocycles. The summed E-state index contributed by atoms with van der Waals surface area (Å²) in [6.45, 7) is -0.0468.